The highest BCUT2D eigenvalue weighted by Gasteiger charge is 2.40. The summed E-state index contributed by atoms with van der Waals surface area (Å²) in [6.45, 7) is 13.1. The maximum absolute atomic E-state index is 13.4. The van der Waals surface area contributed by atoms with Crippen LogP contribution in [0, 0.1) is 10.1 Å². The van der Waals surface area contributed by atoms with Crippen LogP contribution in [-0.4, -0.2) is 43.8 Å². The quantitative estimate of drug-likeness (QED) is 0.332. The van der Waals surface area contributed by atoms with Crippen LogP contribution in [0.4, 0.5) is 5.69 Å². The van der Waals surface area contributed by atoms with Crippen molar-refractivity contribution in [3.05, 3.63) is 57.8 Å². The van der Waals surface area contributed by atoms with Crippen LogP contribution in [0.15, 0.2) is 42.1 Å². The molecule has 164 valence electrons. The van der Waals surface area contributed by atoms with E-state index < -0.39 is 19.1 Å². The second kappa shape index (κ2) is 9.14. The van der Waals surface area contributed by atoms with E-state index in [1.807, 2.05) is 19.1 Å². The topological polar surface area (TPSA) is 81.9 Å². The summed E-state index contributed by atoms with van der Waals surface area (Å²) in [5.41, 5.74) is 0.757. The van der Waals surface area contributed by atoms with Crippen LogP contribution in [0.2, 0.25) is 18.1 Å². The van der Waals surface area contributed by atoms with Crippen molar-refractivity contribution in [2.45, 2.75) is 58.3 Å². The molecule has 30 heavy (non-hydrogen) atoms. The van der Waals surface area contributed by atoms with Crippen LogP contribution in [0.3, 0.4) is 0 Å². The van der Waals surface area contributed by atoms with Gasteiger partial charge in [-0.25, -0.2) is 0 Å². The summed E-state index contributed by atoms with van der Waals surface area (Å²) in [4.78, 5) is 25.9. The Kier molecular flexibility index (Phi) is 7.25. The van der Waals surface area contributed by atoms with Crippen LogP contribution in [0.5, 0.6) is 5.75 Å². The van der Waals surface area contributed by atoms with Gasteiger partial charge in [-0.05, 0) is 49.2 Å². The molecule has 0 fully saturated rings. The van der Waals surface area contributed by atoms with Gasteiger partial charge in [0.1, 0.15) is 11.3 Å². The molecule has 0 saturated heterocycles. The molecule has 0 aromatic heterocycles. The number of rotatable bonds is 7. The van der Waals surface area contributed by atoms with Crippen LogP contribution in [0.1, 0.15) is 44.5 Å². The summed E-state index contributed by atoms with van der Waals surface area (Å²) in [6, 6.07) is 4.00. The molecule has 0 bridgehead atoms. The average molecular weight is 433 g/mol. The first-order valence-corrected chi connectivity index (χ1v) is 12.9. The maximum Gasteiger partial charge on any atom is 0.282 e. The minimum atomic E-state index is -2.01. The van der Waals surface area contributed by atoms with Gasteiger partial charge in [-0.15, -0.1) is 0 Å². The molecule has 1 aliphatic rings. The van der Waals surface area contributed by atoms with E-state index in [0.29, 0.717) is 18.8 Å². The molecule has 1 aromatic carbocycles. The maximum atomic E-state index is 13.4. The molecule has 0 N–H and O–H groups in total. The van der Waals surface area contributed by atoms with Gasteiger partial charge < -0.3 is 14.1 Å². The SMILES string of the molecule is C/C=C/C1=CN(C(=O)c2cc(OC)ccc2[N+](=O)[O-])[C@H](CO[Si](C)(C)C(C)(C)C)C1. The van der Waals surface area contributed by atoms with Gasteiger partial charge in [0, 0.05) is 12.3 Å². The standard InChI is InChI=1S/C22H32N2O5Si/c1-8-9-16-12-17(15-29-30(6,7)22(2,3)4)23(14-16)21(25)19-13-18(28-5)10-11-20(19)24(26)27/h8-11,13-14,17H,12,15H2,1-7H3/b9-8+/t17-/m0/s1. The summed E-state index contributed by atoms with van der Waals surface area (Å²) >= 11 is 0. The number of nitro groups is 1. The predicted molar refractivity (Wildman–Crippen MR) is 120 cm³/mol. The number of nitro benzene ring substituents is 1. The van der Waals surface area contributed by atoms with Crippen molar-refractivity contribution in [3.8, 4) is 5.75 Å². The molecule has 1 atom stereocenters. The predicted octanol–water partition coefficient (Wildman–Crippen LogP) is 5.30. The Labute approximate surface area is 179 Å². The van der Waals surface area contributed by atoms with Gasteiger partial charge in [0.25, 0.3) is 11.6 Å². The molecule has 1 aromatic rings. The number of benzene rings is 1. The minimum Gasteiger partial charge on any atom is -0.497 e. The van der Waals surface area contributed by atoms with Crippen molar-refractivity contribution in [2.24, 2.45) is 0 Å². The number of ether oxygens (including phenoxy) is 1. The van der Waals surface area contributed by atoms with Crippen LogP contribution in [-0.2, 0) is 4.43 Å². The molecule has 0 aliphatic carbocycles. The number of hydrogen-bond donors (Lipinski definition) is 0. The number of carbonyl (C=O) groups excluding carboxylic acids is 1. The number of nitrogens with zero attached hydrogens (tertiary/aromatic N) is 2. The van der Waals surface area contributed by atoms with Crippen molar-refractivity contribution in [1.29, 1.82) is 0 Å². The van der Waals surface area contributed by atoms with E-state index in [-0.39, 0.29) is 22.3 Å². The molecule has 0 spiro atoms. The second-order valence-corrected chi connectivity index (χ2v) is 13.8. The van der Waals surface area contributed by atoms with Gasteiger partial charge in [-0.3, -0.25) is 14.9 Å². The highest BCUT2D eigenvalue weighted by atomic mass is 28.4. The first-order valence-electron chi connectivity index (χ1n) is 10.0. The summed E-state index contributed by atoms with van der Waals surface area (Å²) in [5, 5.41) is 11.6. The fraction of sp³-hybridized carbons (Fsp3) is 0.500. The van der Waals surface area contributed by atoms with Crippen molar-refractivity contribution >= 4 is 19.9 Å². The largest absolute Gasteiger partial charge is 0.497 e. The summed E-state index contributed by atoms with van der Waals surface area (Å²) in [5.74, 6) is -0.0289. The van der Waals surface area contributed by atoms with E-state index in [0.717, 1.165) is 5.57 Å². The summed E-state index contributed by atoms with van der Waals surface area (Å²) < 4.78 is 11.6. The Morgan fingerprint density at radius 3 is 2.57 bits per heavy atom. The van der Waals surface area contributed by atoms with Crippen molar-refractivity contribution in [3.63, 3.8) is 0 Å². The van der Waals surface area contributed by atoms with Gasteiger partial charge in [0.05, 0.1) is 24.7 Å². The van der Waals surface area contributed by atoms with E-state index in [1.165, 1.54) is 25.3 Å². The molecule has 0 radical (unpaired) electrons. The van der Waals surface area contributed by atoms with Crippen LogP contribution in [0.25, 0.3) is 0 Å². The molecular formula is C22H32N2O5Si. The molecule has 8 heteroatoms. The summed E-state index contributed by atoms with van der Waals surface area (Å²) in [7, 11) is -0.544. The zero-order chi connectivity index (χ0) is 22.7. The first kappa shape index (κ1) is 23.8. The fourth-order valence-electron chi connectivity index (χ4n) is 3.03. The Morgan fingerprint density at radius 2 is 2.03 bits per heavy atom. The molecule has 1 aliphatic heterocycles. The van der Waals surface area contributed by atoms with Gasteiger partial charge >= 0.3 is 0 Å². The summed E-state index contributed by atoms with van der Waals surface area (Å²) in [6.07, 6.45) is 6.28. The highest BCUT2D eigenvalue weighted by Crippen LogP contribution is 2.38. The highest BCUT2D eigenvalue weighted by molar-refractivity contribution is 6.74. The fourth-order valence-corrected chi connectivity index (χ4v) is 4.07. The molecule has 2 rings (SSSR count). The van der Waals surface area contributed by atoms with Crippen molar-refractivity contribution < 1.29 is 18.9 Å². The Bertz CT molecular complexity index is 871. The Morgan fingerprint density at radius 1 is 1.37 bits per heavy atom. The number of amides is 1. The van der Waals surface area contributed by atoms with Crippen molar-refractivity contribution in [1.82, 2.24) is 4.90 Å². The van der Waals surface area contributed by atoms with Gasteiger partial charge in [0.2, 0.25) is 0 Å². The first-order chi connectivity index (χ1) is 13.9. The van der Waals surface area contributed by atoms with E-state index in [1.54, 1.807) is 11.1 Å². The normalized spacial score (nSPS) is 17.4. The molecule has 7 nitrogen and oxygen atoms in total. The molecule has 1 amide bonds. The third-order valence-electron chi connectivity index (χ3n) is 5.86. The molecular weight excluding hydrogens is 400 g/mol. The Hall–Kier alpha value is -2.45. The monoisotopic (exact) mass is 432 g/mol. The van der Waals surface area contributed by atoms with Gasteiger partial charge in [-0.2, -0.15) is 0 Å². The van der Waals surface area contributed by atoms with E-state index in [9.17, 15) is 14.9 Å². The smallest absolute Gasteiger partial charge is 0.282 e. The van der Waals surface area contributed by atoms with Gasteiger partial charge in [-0.1, -0.05) is 32.9 Å². The van der Waals surface area contributed by atoms with E-state index in [4.69, 9.17) is 9.16 Å². The zero-order valence-electron chi connectivity index (χ0n) is 18.9. The van der Waals surface area contributed by atoms with Gasteiger partial charge in [0.15, 0.2) is 8.32 Å². The lowest BCUT2D eigenvalue weighted by molar-refractivity contribution is -0.385. The number of methoxy groups -OCH3 is 1. The molecule has 0 saturated carbocycles. The third-order valence-corrected chi connectivity index (χ3v) is 10.4. The van der Waals surface area contributed by atoms with E-state index >= 15 is 0 Å². The van der Waals surface area contributed by atoms with Crippen LogP contribution < -0.4 is 4.74 Å². The third kappa shape index (κ3) is 5.17. The number of allylic oxidation sites excluding steroid dienone is 2. The lowest BCUT2D eigenvalue weighted by atomic mass is 10.1. The van der Waals surface area contributed by atoms with E-state index in [2.05, 4.69) is 33.9 Å². The molecule has 1 heterocycles. The second-order valence-electron chi connectivity index (χ2n) is 8.99. The number of hydrogen-bond acceptors (Lipinski definition) is 5. The number of carbonyl (C=O) groups is 1. The lowest BCUT2D eigenvalue weighted by Gasteiger charge is -2.38. The van der Waals surface area contributed by atoms with Crippen LogP contribution >= 0.6 is 0 Å². The van der Waals surface area contributed by atoms with Crippen molar-refractivity contribution in [2.75, 3.05) is 13.7 Å². The zero-order valence-corrected chi connectivity index (χ0v) is 19.9. The Balaban J connectivity index is 2.37. The molecule has 0 unspecified atom stereocenters. The lowest BCUT2D eigenvalue weighted by Crippen LogP contribution is -2.45. The average Bonchev–Trinajstić information content (AvgIpc) is 3.07. The minimum absolute atomic E-state index is 0.00894.